The van der Waals surface area contributed by atoms with Crippen LogP contribution in [0.15, 0.2) is 66.7 Å². The number of ketones is 2. The highest BCUT2D eigenvalue weighted by atomic mass is 32.1. The number of aliphatic imine (C=N–C) groups is 1. The fraction of sp³-hybridized carbons (Fsp3) is 0.207. The van der Waals surface area contributed by atoms with Crippen LogP contribution in [0.1, 0.15) is 28.8 Å². The molecule has 216 valence electrons. The first kappa shape index (κ1) is 27.8. The average Bonchev–Trinajstić information content (AvgIpc) is 3.74. The third-order valence-corrected chi connectivity index (χ3v) is 7.86. The summed E-state index contributed by atoms with van der Waals surface area (Å²) in [7, 11) is 0. The molecule has 6 aromatic rings. The number of thiophene rings is 1. The Balaban J connectivity index is 0.970. The van der Waals surface area contributed by atoms with E-state index >= 15 is 0 Å². The summed E-state index contributed by atoms with van der Waals surface area (Å²) >= 11 is 1.48. The number of nitrogens with zero attached hydrogens (tertiary/aromatic N) is 9. The predicted molar refractivity (Wildman–Crippen MR) is 164 cm³/mol. The van der Waals surface area contributed by atoms with Crippen molar-refractivity contribution < 1.29 is 9.59 Å². The first-order valence-corrected chi connectivity index (χ1v) is 14.3. The SMILES string of the molecule is Nc1ncnc2c1ncn2CCC(=O)Cc1ccc(C=Nc2ccc(CC(=O)CCn3cnc4c(N)ncnc43)s2)cc1. The Kier molecular flexibility index (Phi) is 7.91. The van der Waals surface area contributed by atoms with Gasteiger partial charge in [-0.1, -0.05) is 24.3 Å². The number of carbonyl (C=O) groups is 2. The van der Waals surface area contributed by atoms with Crippen LogP contribution in [0.2, 0.25) is 0 Å². The lowest BCUT2D eigenvalue weighted by Crippen LogP contribution is -2.08. The van der Waals surface area contributed by atoms with E-state index in [2.05, 4.69) is 34.9 Å². The van der Waals surface area contributed by atoms with E-state index in [4.69, 9.17) is 11.5 Å². The monoisotopic (exact) mass is 593 g/mol. The van der Waals surface area contributed by atoms with Crippen LogP contribution >= 0.6 is 11.3 Å². The Labute approximate surface area is 249 Å². The molecule has 5 heterocycles. The van der Waals surface area contributed by atoms with E-state index in [1.807, 2.05) is 45.5 Å². The molecule has 5 aromatic heterocycles. The number of hydrogen-bond donors (Lipinski definition) is 2. The van der Waals surface area contributed by atoms with Crippen molar-refractivity contribution in [2.24, 2.45) is 4.99 Å². The van der Waals surface area contributed by atoms with E-state index in [9.17, 15) is 9.59 Å². The highest BCUT2D eigenvalue weighted by molar-refractivity contribution is 7.15. The van der Waals surface area contributed by atoms with Gasteiger partial charge in [0, 0.05) is 49.9 Å². The van der Waals surface area contributed by atoms with Gasteiger partial charge in [0.1, 0.15) is 40.3 Å². The van der Waals surface area contributed by atoms with Gasteiger partial charge in [-0.3, -0.25) is 9.59 Å². The average molecular weight is 594 g/mol. The number of Topliss-reactive ketones (excluding diaryl/α,β-unsaturated/α-hetero) is 2. The number of nitrogens with two attached hydrogens (primary N) is 2. The summed E-state index contributed by atoms with van der Waals surface area (Å²) in [5.41, 5.74) is 15.8. The molecule has 4 N–H and O–H groups in total. The van der Waals surface area contributed by atoms with E-state index in [1.165, 1.54) is 24.0 Å². The van der Waals surface area contributed by atoms with E-state index < -0.39 is 0 Å². The van der Waals surface area contributed by atoms with Crippen LogP contribution in [0.3, 0.4) is 0 Å². The predicted octanol–water partition coefficient (Wildman–Crippen LogP) is 3.35. The third-order valence-electron chi connectivity index (χ3n) is 6.86. The number of imidazole rings is 2. The van der Waals surface area contributed by atoms with Gasteiger partial charge in [-0.05, 0) is 23.3 Å². The molecule has 0 aliphatic carbocycles. The molecule has 0 fully saturated rings. The smallest absolute Gasteiger partial charge is 0.165 e. The van der Waals surface area contributed by atoms with E-state index in [0.717, 1.165) is 21.0 Å². The van der Waals surface area contributed by atoms with Crippen molar-refractivity contribution in [2.45, 2.75) is 38.8 Å². The van der Waals surface area contributed by atoms with Crippen LogP contribution in [0.25, 0.3) is 22.3 Å². The molecule has 13 nitrogen and oxygen atoms in total. The number of hydrogen-bond acceptors (Lipinski definition) is 12. The Morgan fingerprint density at radius 1 is 0.744 bits per heavy atom. The van der Waals surface area contributed by atoms with Gasteiger partial charge in [-0.2, -0.15) is 0 Å². The number of aryl methyl sites for hydroxylation is 2. The van der Waals surface area contributed by atoms with E-state index in [-0.39, 0.29) is 11.6 Å². The molecule has 0 atom stereocenters. The molecule has 0 radical (unpaired) electrons. The lowest BCUT2D eigenvalue weighted by molar-refractivity contribution is -0.119. The molecule has 6 rings (SSSR count). The number of benzene rings is 1. The Morgan fingerprint density at radius 2 is 1.33 bits per heavy atom. The molecule has 0 spiro atoms. The lowest BCUT2D eigenvalue weighted by Gasteiger charge is -2.04. The van der Waals surface area contributed by atoms with E-state index in [0.29, 0.717) is 72.7 Å². The summed E-state index contributed by atoms with van der Waals surface area (Å²) in [6.07, 6.45) is 9.20. The van der Waals surface area contributed by atoms with Crippen LogP contribution in [0.4, 0.5) is 16.6 Å². The number of aromatic nitrogens is 8. The van der Waals surface area contributed by atoms with Crippen LogP contribution in [-0.4, -0.2) is 56.8 Å². The Bertz CT molecular complexity index is 1960. The van der Waals surface area contributed by atoms with Crippen molar-refractivity contribution in [3.63, 3.8) is 0 Å². The minimum absolute atomic E-state index is 0.114. The zero-order chi connectivity index (χ0) is 29.8. The second-order valence-corrected chi connectivity index (χ2v) is 11.1. The molecule has 0 unspecified atom stereocenters. The Morgan fingerprint density at radius 3 is 1.93 bits per heavy atom. The highest BCUT2D eigenvalue weighted by Crippen LogP contribution is 2.26. The van der Waals surface area contributed by atoms with Crippen molar-refractivity contribution in [2.75, 3.05) is 11.5 Å². The molecular weight excluding hydrogens is 566 g/mol. The van der Waals surface area contributed by atoms with Gasteiger partial charge in [0.05, 0.1) is 12.7 Å². The largest absolute Gasteiger partial charge is 0.382 e. The standard InChI is InChI=1S/C29H27N11O2S/c30-26-24-28(35-14-33-26)39(16-37-24)9-7-20(41)11-18-1-3-19(4-2-18)13-32-23-6-5-22(43-23)12-21(42)8-10-40-17-38-25-27(31)34-15-36-29(25)40/h1-6,13-17H,7-12H2,(H2,30,33,35)(H2,31,34,36). The maximum atomic E-state index is 12.6. The maximum absolute atomic E-state index is 12.6. The maximum Gasteiger partial charge on any atom is 0.165 e. The van der Waals surface area contributed by atoms with Crippen LogP contribution in [0.5, 0.6) is 0 Å². The molecular formula is C29H27N11O2S. The zero-order valence-corrected chi connectivity index (χ0v) is 23.8. The molecule has 43 heavy (non-hydrogen) atoms. The molecule has 1 aromatic carbocycles. The highest BCUT2D eigenvalue weighted by Gasteiger charge is 2.12. The Hall–Kier alpha value is -5.37. The zero-order valence-electron chi connectivity index (χ0n) is 23.0. The first-order valence-electron chi connectivity index (χ1n) is 13.5. The normalized spacial score (nSPS) is 11.6. The van der Waals surface area contributed by atoms with Crippen molar-refractivity contribution >= 4 is 68.1 Å². The second-order valence-electron chi connectivity index (χ2n) is 9.91. The van der Waals surface area contributed by atoms with Gasteiger partial charge in [-0.15, -0.1) is 11.3 Å². The van der Waals surface area contributed by atoms with Crippen LogP contribution in [-0.2, 0) is 35.5 Å². The first-order chi connectivity index (χ1) is 20.9. The summed E-state index contributed by atoms with van der Waals surface area (Å²) in [6.45, 7) is 0.939. The second kappa shape index (κ2) is 12.2. The summed E-state index contributed by atoms with van der Waals surface area (Å²) in [5, 5.41) is 0.814. The number of fused-ring (bicyclic) bond motifs is 2. The lowest BCUT2D eigenvalue weighted by atomic mass is 10.1. The molecule has 0 aliphatic heterocycles. The van der Waals surface area contributed by atoms with E-state index in [1.54, 1.807) is 18.9 Å². The van der Waals surface area contributed by atoms with Gasteiger partial charge in [0.15, 0.2) is 22.9 Å². The van der Waals surface area contributed by atoms with Crippen molar-refractivity contribution in [1.82, 2.24) is 39.0 Å². The van der Waals surface area contributed by atoms with Crippen LogP contribution in [0, 0.1) is 0 Å². The molecule has 0 bridgehead atoms. The number of anilines is 2. The fourth-order valence-corrected chi connectivity index (χ4v) is 5.48. The molecule has 0 amide bonds. The number of carbonyl (C=O) groups excluding carboxylic acids is 2. The summed E-state index contributed by atoms with van der Waals surface area (Å²) in [6, 6.07) is 11.6. The summed E-state index contributed by atoms with van der Waals surface area (Å²) in [4.78, 5) is 55.5. The molecule has 0 saturated carbocycles. The van der Waals surface area contributed by atoms with Crippen molar-refractivity contribution in [3.8, 4) is 0 Å². The van der Waals surface area contributed by atoms with Gasteiger partial charge in [-0.25, -0.2) is 34.9 Å². The van der Waals surface area contributed by atoms with Crippen LogP contribution < -0.4 is 11.5 Å². The van der Waals surface area contributed by atoms with Crippen molar-refractivity contribution in [1.29, 1.82) is 0 Å². The number of nitrogen functional groups attached to an aromatic ring is 2. The molecule has 14 heteroatoms. The molecule has 0 aliphatic rings. The minimum Gasteiger partial charge on any atom is -0.382 e. The van der Waals surface area contributed by atoms with Gasteiger partial charge >= 0.3 is 0 Å². The topological polar surface area (TPSA) is 186 Å². The summed E-state index contributed by atoms with van der Waals surface area (Å²) < 4.78 is 3.62. The van der Waals surface area contributed by atoms with Gasteiger partial charge in [0.25, 0.3) is 0 Å². The van der Waals surface area contributed by atoms with Crippen molar-refractivity contribution in [3.05, 3.63) is 77.7 Å². The number of rotatable bonds is 12. The third kappa shape index (κ3) is 6.43. The fourth-order valence-electron chi connectivity index (χ4n) is 4.60. The van der Waals surface area contributed by atoms with Gasteiger partial charge < -0.3 is 20.6 Å². The summed E-state index contributed by atoms with van der Waals surface area (Å²) in [5.74, 6) is 0.872. The minimum atomic E-state index is 0.114. The quantitative estimate of drug-likeness (QED) is 0.199. The van der Waals surface area contributed by atoms with Gasteiger partial charge in [0.2, 0.25) is 0 Å². The molecule has 0 saturated heterocycles.